The highest BCUT2D eigenvalue weighted by molar-refractivity contribution is 7.19. The third kappa shape index (κ3) is 4.24. The molecule has 0 fully saturated rings. The molecule has 3 aromatic heterocycles. The normalized spacial score (nSPS) is 13.1. The Morgan fingerprint density at radius 3 is 2.91 bits per heavy atom. The van der Waals surface area contributed by atoms with E-state index in [1.165, 1.54) is 10.4 Å². The maximum absolute atomic E-state index is 11.9. The van der Waals surface area contributed by atoms with Gasteiger partial charge in [0.2, 0.25) is 5.91 Å². The van der Waals surface area contributed by atoms with Crippen LogP contribution in [0.3, 0.4) is 0 Å². The quantitative estimate of drug-likeness (QED) is 0.437. The lowest BCUT2D eigenvalue weighted by atomic mass is 10.0. The minimum absolute atomic E-state index is 0.0926. The molecule has 1 amide bonds. The number of pyridine rings is 1. The van der Waals surface area contributed by atoms with Crippen molar-refractivity contribution in [2.45, 2.75) is 26.4 Å². The number of rotatable bonds is 5. The van der Waals surface area contributed by atoms with Crippen LogP contribution in [0.25, 0.3) is 21.6 Å². The maximum atomic E-state index is 11.9. The number of halogens is 1. The Morgan fingerprint density at radius 2 is 2.18 bits per heavy atom. The first kappa shape index (κ1) is 21.6. The van der Waals surface area contributed by atoms with Crippen LogP contribution in [0.2, 0.25) is 5.02 Å². The van der Waals surface area contributed by atoms with Gasteiger partial charge in [0.1, 0.15) is 16.4 Å². The summed E-state index contributed by atoms with van der Waals surface area (Å²) in [5.41, 5.74) is 3.09. The number of ether oxygens (including phenoxy) is 1. The van der Waals surface area contributed by atoms with Gasteiger partial charge < -0.3 is 15.0 Å². The molecule has 0 saturated carbocycles. The summed E-state index contributed by atoms with van der Waals surface area (Å²) < 4.78 is 5.26. The Bertz CT molecular complexity index is 1340. The van der Waals surface area contributed by atoms with E-state index in [2.05, 4.69) is 10.3 Å². The molecule has 0 spiro atoms. The van der Waals surface area contributed by atoms with Gasteiger partial charge in [-0.3, -0.25) is 9.78 Å². The van der Waals surface area contributed by atoms with Gasteiger partial charge in [0, 0.05) is 42.8 Å². The number of nitrogens with zero attached hydrogens (tertiary/aromatic N) is 4. The molecule has 168 valence electrons. The van der Waals surface area contributed by atoms with Crippen LogP contribution in [0, 0.1) is 0 Å². The first-order valence-electron chi connectivity index (χ1n) is 10.6. The third-order valence-corrected chi connectivity index (χ3v) is 7.15. The monoisotopic (exact) mass is 479 g/mol. The van der Waals surface area contributed by atoms with Gasteiger partial charge in [-0.05, 0) is 41.8 Å². The Kier molecular flexibility index (Phi) is 5.86. The Labute approximate surface area is 200 Å². The van der Waals surface area contributed by atoms with Crippen molar-refractivity contribution in [3.63, 3.8) is 0 Å². The first-order chi connectivity index (χ1) is 16.0. The van der Waals surface area contributed by atoms with E-state index in [-0.39, 0.29) is 5.91 Å². The van der Waals surface area contributed by atoms with Gasteiger partial charge >= 0.3 is 0 Å². The van der Waals surface area contributed by atoms with Crippen LogP contribution in [0.5, 0.6) is 5.75 Å². The number of aromatic nitrogens is 3. The Hall–Kier alpha value is -3.23. The number of carbonyl (C=O) groups excluding carboxylic acids is 1. The average molecular weight is 480 g/mol. The van der Waals surface area contributed by atoms with Crippen molar-refractivity contribution in [2.75, 3.05) is 19.0 Å². The summed E-state index contributed by atoms with van der Waals surface area (Å²) in [6, 6.07) is 9.55. The molecule has 1 aliphatic rings. The van der Waals surface area contributed by atoms with Crippen molar-refractivity contribution >= 4 is 44.9 Å². The lowest BCUT2D eigenvalue weighted by Crippen LogP contribution is -2.33. The van der Waals surface area contributed by atoms with Crippen molar-refractivity contribution in [1.82, 2.24) is 19.9 Å². The molecule has 9 heteroatoms. The minimum atomic E-state index is 0.0926. The van der Waals surface area contributed by atoms with Gasteiger partial charge in [-0.1, -0.05) is 17.7 Å². The molecule has 4 aromatic rings. The topological polar surface area (TPSA) is 80.2 Å². The summed E-state index contributed by atoms with van der Waals surface area (Å²) in [5.74, 6) is 2.13. The Balaban J connectivity index is 1.56. The summed E-state index contributed by atoms with van der Waals surface area (Å²) in [4.78, 5) is 29.8. The van der Waals surface area contributed by atoms with E-state index in [4.69, 9.17) is 26.3 Å². The van der Waals surface area contributed by atoms with Crippen molar-refractivity contribution < 1.29 is 9.53 Å². The number of thiophene rings is 1. The van der Waals surface area contributed by atoms with E-state index in [1.807, 2.05) is 35.2 Å². The highest BCUT2D eigenvalue weighted by atomic mass is 35.5. The number of benzene rings is 1. The number of hydrogen-bond donors (Lipinski definition) is 1. The molecule has 0 unspecified atom stereocenters. The van der Waals surface area contributed by atoms with Crippen LogP contribution in [0.1, 0.15) is 22.9 Å². The lowest BCUT2D eigenvalue weighted by Gasteiger charge is -2.25. The molecule has 7 nitrogen and oxygen atoms in total. The van der Waals surface area contributed by atoms with Crippen LogP contribution in [-0.4, -0.2) is 39.4 Å². The molecule has 5 rings (SSSR count). The van der Waals surface area contributed by atoms with Gasteiger partial charge in [0.05, 0.1) is 24.1 Å². The molecule has 0 saturated heterocycles. The molecule has 1 aromatic carbocycles. The van der Waals surface area contributed by atoms with Gasteiger partial charge in [-0.2, -0.15) is 0 Å². The van der Waals surface area contributed by atoms with Crippen LogP contribution < -0.4 is 10.1 Å². The number of hydrogen-bond acceptors (Lipinski definition) is 7. The molecule has 0 bridgehead atoms. The van der Waals surface area contributed by atoms with E-state index >= 15 is 0 Å². The van der Waals surface area contributed by atoms with Crippen LogP contribution >= 0.6 is 22.9 Å². The smallest absolute Gasteiger partial charge is 0.219 e. The first-order valence-corrected chi connectivity index (χ1v) is 11.8. The summed E-state index contributed by atoms with van der Waals surface area (Å²) in [5, 5.41) is 5.10. The molecular formula is C24H22ClN5O2S. The zero-order valence-corrected chi connectivity index (χ0v) is 19.8. The molecule has 1 N–H and O–H groups in total. The molecule has 0 atom stereocenters. The number of methoxy groups -OCH3 is 1. The Morgan fingerprint density at radius 1 is 1.30 bits per heavy atom. The second kappa shape index (κ2) is 8.96. The molecule has 0 radical (unpaired) electrons. The van der Waals surface area contributed by atoms with Crippen molar-refractivity contribution in [3.8, 4) is 17.1 Å². The SMILES string of the molecule is COc1ccc(CNc2nc(-c3cccnc3)nc3sc4c(c23)CCN(C(C)=O)C4)cc1Cl. The van der Waals surface area contributed by atoms with Crippen LogP contribution in [0.4, 0.5) is 5.82 Å². The number of carbonyl (C=O) groups is 1. The molecule has 0 aliphatic carbocycles. The van der Waals surface area contributed by atoms with Gasteiger partial charge in [-0.15, -0.1) is 11.3 Å². The average Bonchev–Trinajstić information content (AvgIpc) is 3.21. The molecule has 1 aliphatic heterocycles. The highest BCUT2D eigenvalue weighted by Gasteiger charge is 2.25. The summed E-state index contributed by atoms with van der Waals surface area (Å²) in [6.07, 6.45) is 4.28. The maximum Gasteiger partial charge on any atom is 0.219 e. The number of anilines is 1. The van der Waals surface area contributed by atoms with E-state index in [9.17, 15) is 4.79 Å². The van der Waals surface area contributed by atoms with Gasteiger partial charge in [0.25, 0.3) is 0 Å². The standard InChI is InChI=1S/C24H22ClN5O2S/c1-14(31)30-9-7-17-20(13-30)33-24-21(17)23(28-22(29-24)16-4-3-8-26-12-16)27-11-15-5-6-19(32-2)18(25)10-15/h3-6,8,10,12H,7,9,11,13H2,1-2H3,(H,27,28,29). The zero-order chi connectivity index (χ0) is 22.9. The van der Waals surface area contributed by atoms with Crippen molar-refractivity contribution in [3.05, 3.63) is 63.8 Å². The molecule has 33 heavy (non-hydrogen) atoms. The van der Waals surface area contributed by atoms with Crippen molar-refractivity contribution in [2.24, 2.45) is 0 Å². The van der Waals surface area contributed by atoms with Gasteiger partial charge in [-0.25, -0.2) is 9.97 Å². The summed E-state index contributed by atoms with van der Waals surface area (Å²) in [7, 11) is 1.60. The van der Waals surface area contributed by atoms with Crippen LogP contribution in [0.15, 0.2) is 42.7 Å². The summed E-state index contributed by atoms with van der Waals surface area (Å²) in [6.45, 7) is 3.48. The second-order valence-corrected chi connectivity index (χ2v) is 9.33. The summed E-state index contributed by atoms with van der Waals surface area (Å²) >= 11 is 7.94. The molecular weight excluding hydrogens is 458 g/mol. The fraction of sp³-hybridized carbons (Fsp3) is 0.250. The number of nitrogens with one attached hydrogen (secondary N) is 1. The van der Waals surface area contributed by atoms with E-state index < -0.39 is 0 Å². The fourth-order valence-corrected chi connectivity index (χ4v) is 5.54. The fourth-order valence-electron chi connectivity index (χ4n) is 4.02. The van der Waals surface area contributed by atoms with Crippen molar-refractivity contribution in [1.29, 1.82) is 0 Å². The minimum Gasteiger partial charge on any atom is -0.495 e. The van der Waals surface area contributed by atoms with E-state index in [1.54, 1.807) is 37.8 Å². The van der Waals surface area contributed by atoms with E-state index in [0.29, 0.717) is 36.2 Å². The van der Waals surface area contributed by atoms with E-state index in [0.717, 1.165) is 33.6 Å². The predicted molar refractivity (Wildman–Crippen MR) is 131 cm³/mol. The number of amides is 1. The highest BCUT2D eigenvalue weighted by Crippen LogP contribution is 2.39. The lowest BCUT2D eigenvalue weighted by molar-refractivity contribution is -0.129. The largest absolute Gasteiger partial charge is 0.495 e. The van der Waals surface area contributed by atoms with Crippen LogP contribution in [-0.2, 0) is 24.3 Å². The zero-order valence-electron chi connectivity index (χ0n) is 18.3. The van der Waals surface area contributed by atoms with Gasteiger partial charge in [0.15, 0.2) is 5.82 Å². The molecule has 4 heterocycles. The third-order valence-electron chi connectivity index (χ3n) is 5.74. The second-order valence-electron chi connectivity index (χ2n) is 7.83. The predicted octanol–water partition coefficient (Wildman–Crippen LogP) is 4.93. The number of fused-ring (bicyclic) bond motifs is 3.